The molecular weight excluding hydrogens is 266 g/mol. The minimum absolute atomic E-state index is 0.463. The average molecular weight is 289 g/mol. The molecule has 1 heteroatoms. The molecule has 0 aliphatic heterocycles. The van der Waals surface area contributed by atoms with Crippen LogP contribution < -0.4 is 0 Å². The van der Waals surface area contributed by atoms with E-state index in [9.17, 15) is 0 Å². The van der Waals surface area contributed by atoms with Crippen molar-refractivity contribution in [3.63, 3.8) is 0 Å². The number of hydrogen-bond donors (Lipinski definition) is 1. The Balaban J connectivity index is 1.84. The largest absolute Gasteiger partial charge is 0.305 e. The van der Waals surface area contributed by atoms with Gasteiger partial charge < -0.3 is 5.41 Å². The van der Waals surface area contributed by atoms with E-state index < -0.39 is 0 Å². The SMILES string of the molecule is CCC(CC(=N)c1ccccc1)C1C(C)=Cc2ccccc21. The Kier molecular flexibility index (Phi) is 4.24. The normalized spacial score (nSPS) is 17.7. The molecule has 0 spiro atoms. The third-order valence-electron chi connectivity index (χ3n) is 4.79. The van der Waals surface area contributed by atoms with Crippen LogP contribution in [0.15, 0.2) is 60.2 Å². The van der Waals surface area contributed by atoms with Crippen molar-refractivity contribution >= 4 is 11.8 Å². The topological polar surface area (TPSA) is 23.9 Å². The van der Waals surface area contributed by atoms with Crippen LogP contribution in [0.4, 0.5) is 0 Å². The second-order valence-electron chi connectivity index (χ2n) is 6.21. The zero-order chi connectivity index (χ0) is 15.5. The number of benzene rings is 2. The molecule has 3 rings (SSSR count). The lowest BCUT2D eigenvalue weighted by Gasteiger charge is -2.25. The molecule has 1 nitrogen and oxygen atoms in total. The molecular formula is C21H23N. The lowest BCUT2D eigenvalue weighted by molar-refractivity contribution is 0.467. The fourth-order valence-corrected chi connectivity index (χ4v) is 3.65. The monoisotopic (exact) mass is 289 g/mol. The van der Waals surface area contributed by atoms with Gasteiger partial charge in [-0.2, -0.15) is 0 Å². The zero-order valence-electron chi connectivity index (χ0n) is 13.3. The molecule has 0 saturated carbocycles. The van der Waals surface area contributed by atoms with Crippen molar-refractivity contribution in [2.24, 2.45) is 5.92 Å². The standard InChI is InChI=1S/C21H23N/c1-3-16(14-20(22)17-9-5-4-6-10-17)21-15(2)13-18-11-7-8-12-19(18)21/h4-13,16,21-22H,3,14H2,1-2H3. The third-order valence-corrected chi connectivity index (χ3v) is 4.79. The number of nitrogens with one attached hydrogen (secondary N) is 1. The fraction of sp³-hybridized carbons (Fsp3) is 0.286. The molecule has 0 aromatic heterocycles. The van der Waals surface area contributed by atoms with Gasteiger partial charge in [0.15, 0.2) is 0 Å². The maximum Gasteiger partial charge on any atom is 0.0389 e. The first kappa shape index (κ1) is 14.8. The van der Waals surface area contributed by atoms with Crippen LogP contribution in [0.1, 0.15) is 49.3 Å². The van der Waals surface area contributed by atoms with Crippen molar-refractivity contribution in [2.45, 2.75) is 32.6 Å². The summed E-state index contributed by atoms with van der Waals surface area (Å²) in [7, 11) is 0. The van der Waals surface area contributed by atoms with E-state index in [4.69, 9.17) is 5.41 Å². The van der Waals surface area contributed by atoms with Gasteiger partial charge in [0.1, 0.15) is 0 Å². The first-order chi connectivity index (χ1) is 10.7. The minimum Gasteiger partial charge on any atom is -0.305 e. The maximum atomic E-state index is 8.46. The van der Waals surface area contributed by atoms with E-state index in [1.807, 2.05) is 30.3 Å². The maximum absolute atomic E-state index is 8.46. The number of allylic oxidation sites excluding steroid dienone is 1. The van der Waals surface area contributed by atoms with Crippen LogP contribution in [0.25, 0.3) is 6.08 Å². The lowest BCUT2D eigenvalue weighted by Crippen LogP contribution is -2.16. The van der Waals surface area contributed by atoms with Crippen LogP contribution >= 0.6 is 0 Å². The predicted molar refractivity (Wildman–Crippen MR) is 94.5 cm³/mol. The van der Waals surface area contributed by atoms with E-state index in [-0.39, 0.29) is 0 Å². The summed E-state index contributed by atoms with van der Waals surface area (Å²) in [5, 5.41) is 8.46. The van der Waals surface area contributed by atoms with Gasteiger partial charge in [-0.15, -0.1) is 0 Å². The Labute approximate surface area is 133 Å². The minimum atomic E-state index is 0.463. The second-order valence-corrected chi connectivity index (χ2v) is 6.21. The van der Waals surface area contributed by atoms with Crippen molar-refractivity contribution in [1.29, 1.82) is 5.41 Å². The van der Waals surface area contributed by atoms with Gasteiger partial charge in [0.2, 0.25) is 0 Å². The van der Waals surface area contributed by atoms with E-state index in [2.05, 4.69) is 44.2 Å². The van der Waals surface area contributed by atoms with Gasteiger partial charge in [0.05, 0.1) is 0 Å². The highest BCUT2D eigenvalue weighted by Crippen LogP contribution is 2.43. The molecule has 0 heterocycles. The highest BCUT2D eigenvalue weighted by atomic mass is 14.4. The highest BCUT2D eigenvalue weighted by Gasteiger charge is 2.29. The van der Waals surface area contributed by atoms with E-state index >= 15 is 0 Å². The molecule has 0 bridgehead atoms. The lowest BCUT2D eigenvalue weighted by atomic mass is 9.79. The molecule has 1 N–H and O–H groups in total. The molecule has 112 valence electrons. The van der Waals surface area contributed by atoms with Crippen LogP contribution in [-0.4, -0.2) is 5.71 Å². The summed E-state index contributed by atoms with van der Waals surface area (Å²) in [6.45, 7) is 4.48. The molecule has 2 aromatic carbocycles. The third kappa shape index (κ3) is 2.76. The van der Waals surface area contributed by atoms with Gasteiger partial charge in [-0.3, -0.25) is 0 Å². The van der Waals surface area contributed by atoms with Crippen LogP contribution in [0.2, 0.25) is 0 Å². The predicted octanol–water partition coefficient (Wildman–Crippen LogP) is 5.67. The molecule has 2 aromatic rings. The summed E-state index contributed by atoms with van der Waals surface area (Å²) in [6.07, 6.45) is 4.25. The first-order valence-electron chi connectivity index (χ1n) is 8.10. The molecule has 22 heavy (non-hydrogen) atoms. The van der Waals surface area contributed by atoms with E-state index in [0.717, 1.165) is 24.1 Å². The van der Waals surface area contributed by atoms with Gasteiger partial charge >= 0.3 is 0 Å². The molecule has 0 radical (unpaired) electrons. The molecule has 2 atom stereocenters. The van der Waals surface area contributed by atoms with Crippen LogP contribution in [0.3, 0.4) is 0 Å². The van der Waals surface area contributed by atoms with Gasteiger partial charge in [-0.1, -0.05) is 79.6 Å². The van der Waals surface area contributed by atoms with Gasteiger partial charge in [-0.05, 0) is 36.0 Å². The molecule has 2 unspecified atom stereocenters. The number of hydrogen-bond acceptors (Lipinski definition) is 1. The molecule has 0 amide bonds. The Bertz CT molecular complexity index is 697. The number of fused-ring (bicyclic) bond motifs is 1. The summed E-state index contributed by atoms with van der Waals surface area (Å²) in [4.78, 5) is 0. The van der Waals surface area contributed by atoms with E-state index in [1.165, 1.54) is 16.7 Å². The Morgan fingerprint density at radius 3 is 2.45 bits per heavy atom. The van der Waals surface area contributed by atoms with Gasteiger partial charge in [0, 0.05) is 11.6 Å². The van der Waals surface area contributed by atoms with Crippen molar-refractivity contribution in [3.05, 3.63) is 76.9 Å². The summed E-state index contributed by atoms with van der Waals surface area (Å²) < 4.78 is 0. The smallest absolute Gasteiger partial charge is 0.0389 e. The first-order valence-corrected chi connectivity index (χ1v) is 8.10. The van der Waals surface area contributed by atoms with Crippen molar-refractivity contribution in [3.8, 4) is 0 Å². The molecule has 1 aliphatic carbocycles. The Morgan fingerprint density at radius 2 is 1.73 bits per heavy atom. The summed E-state index contributed by atoms with van der Waals surface area (Å²) in [5.41, 5.74) is 6.04. The van der Waals surface area contributed by atoms with Crippen LogP contribution in [0.5, 0.6) is 0 Å². The van der Waals surface area contributed by atoms with Crippen LogP contribution in [-0.2, 0) is 0 Å². The quantitative estimate of drug-likeness (QED) is 0.686. The van der Waals surface area contributed by atoms with E-state index in [0.29, 0.717) is 11.8 Å². The molecule has 0 fully saturated rings. The number of rotatable bonds is 5. The molecule has 0 saturated heterocycles. The van der Waals surface area contributed by atoms with E-state index in [1.54, 1.807) is 0 Å². The summed E-state index contributed by atoms with van der Waals surface area (Å²) in [6, 6.07) is 18.8. The van der Waals surface area contributed by atoms with Gasteiger partial charge in [-0.25, -0.2) is 0 Å². The zero-order valence-corrected chi connectivity index (χ0v) is 13.3. The Hall–Kier alpha value is -2.15. The Morgan fingerprint density at radius 1 is 1.05 bits per heavy atom. The fourth-order valence-electron chi connectivity index (χ4n) is 3.65. The summed E-state index contributed by atoms with van der Waals surface area (Å²) in [5.74, 6) is 0.956. The second kappa shape index (κ2) is 6.31. The van der Waals surface area contributed by atoms with Crippen molar-refractivity contribution < 1.29 is 0 Å². The van der Waals surface area contributed by atoms with Crippen LogP contribution in [0, 0.1) is 11.3 Å². The van der Waals surface area contributed by atoms with Crippen molar-refractivity contribution in [1.82, 2.24) is 0 Å². The summed E-state index contributed by atoms with van der Waals surface area (Å²) >= 11 is 0. The van der Waals surface area contributed by atoms with Crippen molar-refractivity contribution in [2.75, 3.05) is 0 Å². The molecule has 1 aliphatic rings. The van der Waals surface area contributed by atoms with Gasteiger partial charge in [0.25, 0.3) is 0 Å². The highest BCUT2D eigenvalue weighted by molar-refractivity contribution is 5.98. The average Bonchev–Trinajstić information content (AvgIpc) is 2.89.